The second-order valence-electron chi connectivity index (χ2n) is 10.1. The minimum atomic E-state index is -1.62. The normalized spacial score (nSPS) is 12.2. The van der Waals surface area contributed by atoms with Gasteiger partial charge in [0, 0.05) is 11.4 Å². The lowest BCUT2D eigenvalue weighted by molar-refractivity contribution is -0.137. The Bertz CT molecular complexity index is 1350. The summed E-state index contributed by atoms with van der Waals surface area (Å²) < 4.78 is 10.7. The van der Waals surface area contributed by atoms with Gasteiger partial charge >= 0.3 is 12.1 Å². The van der Waals surface area contributed by atoms with Crippen molar-refractivity contribution in [1.29, 1.82) is 0 Å². The number of amides is 2. The first-order valence-corrected chi connectivity index (χ1v) is 14.4. The number of Topliss-reactive ketones (excluding diaryl/α,β-unsaturated/α-hetero) is 1. The average molecular weight is 614 g/mol. The lowest BCUT2D eigenvalue weighted by atomic mass is 10.0. The van der Waals surface area contributed by atoms with Crippen LogP contribution in [0.15, 0.2) is 78.9 Å². The molecule has 0 fully saturated rings. The number of aryl methyl sites for hydroxylation is 1. The molecule has 0 aliphatic rings. The first-order valence-electron chi connectivity index (χ1n) is 13.6. The van der Waals surface area contributed by atoms with Gasteiger partial charge in [0.1, 0.15) is 12.6 Å². The van der Waals surface area contributed by atoms with Crippen LogP contribution >= 0.6 is 23.2 Å². The summed E-state index contributed by atoms with van der Waals surface area (Å²) in [6, 6.07) is 21.9. The Morgan fingerprint density at radius 2 is 1.48 bits per heavy atom. The highest BCUT2D eigenvalue weighted by molar-refractivity contribution is 6.35. The Balaban J connectivity index is 1.72. The van der Waals surface area contributed by atoms with Gasteiger partial charge in [0.25, 0.3) is 0 Å². The fraction of sp³-hybridized carbons (Fsp3) is 0.312. The number of esters is 1. The Morgan fingerprint density at radius 1 is 0.833 bits per heavy atom. The van der Waals surface area contributed by atoms with Gasteiger partial charge in [-0.15, -0.1) is 0 Å². The highest BCUT2D eigenvalue weighted by Crippen LogP contribution is 2.22. The molecule has 0 aliphatic heterocycles. The van der Waals surface area contributed by atoms with Crippen LogP contribution in [0.5, 0.6) is 0 Å². The van der Waals surface area contributed by atoms with Crippen molar-refractivity contribution >= 4 is 47.0 Å². The van der Waals surface area contributed by atoms with Crippen LogP contribution < -0.4 is 10.6 Å². The van der Waals surface area contributed by atoms with Crippen molar-refractivity contribution in [1.82, 2.24) is 10.6 Å². The summed E-state index contributed by atoms with van der Waals surface area (Å²) >= 11 is 12.2. The number of halogens is 2. The quantitative estimate of drug-likeness (QED) is 0.158. The van der Waals surface area contributed by atoms with E-state index < -0.39 is 36.0 Å². The van der Waals surface area contributed by atoms with Gasteiger partial charge in [-0.05, 0) is 54.5 Å². The zero-order valence-electron chi connectivity index (χ0n) is 23.5. The van der Waals surface area contributed by atoms with Gasteiger partial charge in [-0.25, -0.2) is 9.59 Å². The maximum Gasteiger partial charge on any atom is 0.408 e. The fourth-order valence-corrected chi connectivity index (χ4v) is 4.45. The van der Waals surface area contributed by atoms with Crippen molar-refractivity contribution in [3.05, 3.63) is 106 Å². The summed E-state index contributed by atoms with van der Waals surface area (Å²) in [4.78, 5) is 52.2. The minimum absolute atomic E-state index is 0.00279. The molecule has 42 heavy (non-hydrogen) atoms. The van der Waals surface area contributed by atoms with E-state index in [1.165, 1.54) is 18.2 Å². The van der Waals surface area contributed by atoms with E-state index in [0.717, 1.165) is 11.1 Å². The zero-order chi connectivity index (χ0) is 30.5. The van der Waals surface area contributed by atoms with Crippen LogP contribution in [0.1, 0.15) is 54.6 Å². The Labute approximate surface area is 255 Å². The maximum absolute atomic E-state index is 13.4. The molecule has 0 aromatic heterocycles. The molecule has 0 saturated heterocycles. The first kappa shape index (κ1) is 32.6. The van der Waals surface area contributed by atoms with E-state index in [4.69, 9.17) is 32.7 Å². The van der Waals surface area contributed by atoms with Crippen LogP contribution in [-0.2, 0) is 32.1 Å². The summed E-state index contributed by atoms with van der Waals surface area (Å²) in [6.45, 7) is 3.78. The molecule has 10 heteroatoms. The number of hydrogen-bond acceptors (Lipinski definition) is 6. The number of carbonyl (C=O) groups excluding carboxylic acids is 4. The highest BCUT2D eigenvalue weighted by atomic mass is 35.5. The van der Waals surface area contributed by atoms with E-state index in [-0.39, 0.29) is 41.0 Å². The topological polar surface area (TPSA) is 111 Å². The van der Waals surface area contributed by atoms with Crippen molar-refractivity contribution in [2.75, 3.05) is 0 Å². The fourth-order valence-electron chi connectivity index (χ4n) is 4.08. The average Bonchev–Trinajstić information content (AvgIpc) is 2.97. The van der Waals surface area contributed by atoms with Crippen molar-refractivity contribution in [2.45, 2.75) is 58.4 Å². The summed E-state index contributed by atoms with van der Waals surface area (Å²) in [5.41, 5.74) is 1.77. The number of carbonyl (C=O) groups is 4. The first-order chi connectivity index (χ1) is 20.1. The molecular formula is C32H34Cl2N2O6. The molecular weight excluding hydrogens is 579 g/mol. The molecule has 8 nitrogen and oxygen atoms in total. The zero-order valence-corrected chi connectivity index (χ0v) is 25.0. The van der Waals surface area contributed by atoms with Crippen LogP contribution in [0.2, 0.25) is 10.0 Å². The highest BCUT2D eigenvalue weighted by Gasteiger charge is 2.30. The predicted molar refractivity (Wildman–Crippen MR) is 161 cm³/mol. The smallest absolute Gasteiger partial charge is 0.408 e. The number of alkyl carbamates (subject to hydrolysis) is 1. The summed E-state index contributed by atoms with van der Waals surface area (Å²) in [5.74, 6) is -2.14. The van der Waals surface area contributed by atoms with Gasteiger partial charge < -0.3 is 20.1 Å². The van der Waals surface area contributed by atoms with Crippen LogP contribution in [0, 0.1) is 5.92 Å². The third-order valence-electron chi connectivity index (χ3n) is 6.20. The van der Waals surface area contributed by atoms with E-state index in [9.17, 15) is 19.2 Å². The molecule has 0 saturated carbocycles. The Hall–Kier alpha value is -3.88. The molecule has 2 atom stereocenters. The van der Waals surface area contributed by atoms with Gasteiger partial charge in [-0.1, -0.05) is 97.7 Å². The van der Waals surface area contributed by atoms with Crippen molar-refractivity contribution in [3.63, 3.8) is 0 Å². The van der Waals surface area contributed by atoms with E-state index in [1.807, 2.05) is 62.4 Å². The SMILES string of the molecule is CC(C)C[C@H](NC(=O)OCc1ccccc1)C(=O)NC(OC(=O)c1cc(Cl)ccc1Cl)C(=O)CCCc1ccccc1. The second kappa shape index (κ2) is 16.5. The molecule has 0 spiro atoms. The Kier molecular flexibility index (Phi) is 12.8. The molecule has 0 radical (unpaired) electrons. The molecule has 0 bridgehead atoms. The van der Waals surface area contributed by atoms with Gasteiger partial charge in [-0.2, -0.15) is 0 Å². The number of ketones is 1. The molecule has 2 amide bonds. The predicted octanol–water partition coefficient (Wildman–Crippen LogP) is 6.53. The van der Waals surface area contributed by atoms with Gasteiger partial charge in [0.15, 0.2) is 5.78 Å². The third kappa shape index (κ3) is 10.8. The molecule has 222 valence electrons. The van der Waals surface area contributed by atoms with E-state index in [2.05, 4.69) is 10.6 Å². The monoisotopic (exact) mass is 612 g/mol. The van der Waals surface area contributed by atoms with Crippen molar-refractivity contribution in [2.24, 2.45) is 5.92 Å². The van der Waals surface area contributed by atoms with E-state index in [0.29, 0.717) is 12.8 Å². The molecule has 0 aliphatic carbocycles. The number of benzene rings is 3. The summed E-state index contributed by atoms with van der Waals surface area (Å²) in [6.07, 6.45) is -1.07. The molecule has 3 aromatic carbocycles. The number of rotatable bonds is 14. The third-order valence-corrected chi connectivity index (χ3v) is 6.76. The van der Waals surface area contributed by atoms with Crippen molar-refractivity contribution < 1.29 is 28.7 Å². The van der Waals surface area contributed by atoms with Gasteiger partial charge in [-0.3, -0.25) is 9.59 Å². The molecule has 2 N–H and O–H groups in total. The van der Waals surface area contributed by atoms with Crippen LogP contribution in [0.3, 0.4) is 0 Å². The molecule has 3 aromatic rings. The second-order valence-corrected chi connectivity index (χ2v) is 11.0. The van der Waals surface area contributed by atoms with E-state index in [1.54, 1.807) is 12.1 Å². The molecule has 0 heterocycles. The molecule has 1 unspecified atom stereocenters. The van der Waals surface area contributed by atoms with Crippen molar-refractivity contribution in [3.8, 4) is 0 Å². The van der Waals surface area contributed by atoms with Crippen LogP contribution in [-0.4, -0.2) is 36.0 Å². The Morgan fingerprint density at radius 3 is 2.12 bits per heavy atom. The van der Waals surface area contributed by atoms with Crippen LogP contribution in [0.25, 0.3) is 0 Å². The number of nitrogens with one attached hydrogen (secondary N) is 2. The molecule has 3 rings (SSSR count). The maximum atomic E-state index is 13.4. The minimum Gasteiger partial charge on any atom is -0.445 e. The van der Waals surface area contributed by atoms with Gasteiger partial charge in [0.2, 0.25) is 12.1 Å². The largest absolute Gasteiger partial charge is 0.445 e. The summed E-state index contributed by atoms with van der Waals surface area (Å²) in [7, 11) is 0. The van der Waals surface area contributed by atoms with Gasteiger partial charge in [0.05, 0.1) is 10.6 Å². The van der Waals surface area contributed by atoms with Crippen LogP contribution in [0.4, 0.5) is 4.79 Å². The van der Waals surface area contributed by atoms with E-state index >= 15 is 0 Å². The lowest BCUT2D eigenvalue weighted by Gasteiger charge is -2.24. The summed E-state index contributed by atoms with van der Waals surface area (Å²) in [5, 5.41) is 5.39. The number of hydrogen-bond donors (Lipinski definition) is 2. The number of ether oxygens (including phenoxy) is 2. The standard InChI is InChI=1S/C32H34Cl2N2O6/c1-21(2)18-27(35-32(40)41-20-23-12-7-4-8-13-23)29(38)36-30(28(37)15-9-14-22-10-5-3-6-11-22)42-31(39)25-19-24(33)16-17-26(25)34/h3-8,10-13,16-17,19,21,27,30H,9,14-15,18,20H2,1-2H3,(H,35,40)(H,36,38)/t27-,30?/m0/s1. The lowest BCUT2D eigenvalue weighted by Crippen LogP contribution is -2.53.